The van der Waals surface area contributed by atoms with Gasteiger partial charge in [-0.15, -0.1) is 0 Å². The van der Waals surface area contributed by atoms with Crippen LogP contribution in [0, 0.1) is 41.4 Å². The second-order valence-corrected chi connectivity index (χ2v) is 27.4. The van der Waals surface area contributed by atoms with Gasteiger partial charge in [0.2, 0.25) is 35.4 Å². The molecule has 0 aromatic heterocycles. The highest BCUT2D eigenvalue weighted by Crippen LogP contribution is 2.44. The van der Waals surface area contributed by atoms with Gasteiger partial charge in [-0.2, -0.15) is 0 Å². The average Bonchev–Trinajstić information content (AvgIpc) is 1.66. The molecule has 0 saturated carbocycles. The summed E-state index contributed by atoms with van der Waals surface area (Å²) in [6.07, 6.45) is 1.40. The molecule has 7 amide bonds. The molecule has 4 N–H and O–H groups in total. The van der Waals surface area contributed by atoms with Gasteiger partial charge in [0.15, 0.2) is 11.6 Å². The Morgan fingerprint density at radius 2 is 1.15 bits per heavy atom. The van der Waals surface area contributed by atoms with Crippen LogP contribution in [-0.2, 0) is 62.2 Å². The number of nitrogens with one attached hydrogen (secondary N) is 3. The molecule has 518 valence electrons. The number of fused-ring (bicyclic) bond motifs is 3. The number of nitrogens with zero attached hydrogens (tertiary/aromatic N) is 4. The quantitative estimate of drug-likeness (QED) is 0.0285. The zero-order chi connectivity index (χ0) is 70.7. The molecule has 1 aliphatic rings. The Labute approximate surface area is 552 Å². The summed E-state index contributed by atoms with van der Waals surface area (Å²) in [6.45, 7) is 26.8. The van der Waals surface area contributed by atoms with Crippen LogP contribution < -0.4 is 16.0 Å². The minimum absolute atomic E-state index is 0.0307. The van der Waals surface area contributed by atoms with Crippen LogP contribution >= 0.6 is 0 Å². The topological polar surface area (TPSA) is 285 Å². The molecule has 0 spiro atoms. The molecule has 0 unspecified atom stereocenters. The van der Waals surface area contributed by atoms with E-state index in [1.807, 2.05) is 89.2 Å². The molecule has 2 aromatic rings. The fourth-order valence-electron chi connectivity index (χ4n) is 12.3. The van der Waals surface area contributed by atoms with E-state index in [1.54, 1.807) is 47.6 Å². The van der Waals surface area contributed by atoms with Gasteiger partial charge in [-0.3, -0.25) is 43.2 Å². The highest BCUT2D eigenvalue weighted by Gasteiger charge is 2.45. The number of ether oxygens (including phenoxy) is 3. The first-order chi connectivity index (χ1) is 43.3. The minimum Gasteiger partial charge on any atom is -0.467 e. The van der Waals surface area contributed by atoms with Crippen molar-refractivity contribution < 1.29 is 72.1 Å². The molecule has 1 aliphatic carbocycles. The summed E-state index contributed by atoms with van der Waals surface area (Å²) < 4.78 is 16.5. The van der Waals surface area contributed by atoms with E-state index >= 15 is 9.59 Å². The van der Waals surface area contributed by atoms with E-state index in [4.69, 9.17) is 14.2 Å². The number of Topliss-reactive ketones (excluding diaryl/α,β-unsaturated/α-hetero) is 2. The molecule has 0 heterocycles. The number of ketones is 2. The van der Waals surface area contributed by atoms with Crippen molar-refractivity contribution in [2.45, 2.75) is 216 Å². The Hall–Kier alpha value is -7.49. The molecule has 0 saturated heterocycles. The van der Waals surface area contributed by atoms with Gasteiger partial charge in [-0.25, -0.2) is 9.59 Å². The Kier molecular flexibility index (Phi) is 31.1. The van der Waals surface area contributed by atoms with Crippen LogP contribution in [0.4, 0.5) is 4.79 Å². The molecule has 3 rings (SSSR count). The largest absolute Gasteiger partial charge is 0.467 e. The maximum Gasteiger partial charge on any atom is 0.407 e. The second kappa shape index (κ2) is 36.2. The fraction of sp³-hybridized carbons (Fsp3) is 0.648. The van der Waals surface area contributed by atoms with Gasteiger partial charge in [0.25, 0.3) is 0 Å². The van der Waals surface area contributed by atoms with E-state index < -0.39 is 155 Å². The van der Waals surface area contributed by atoms with Crippen molar-refractivity contribution in [3.63, 3.8) is 0 Å². The van der Waals surface area contributed by atoms with Gasteiger partial charge >= 0.3 is 18.0 Å². The highest BCUT2D eigenvalue weighted by molar-refractivity contribution is 5.98. The lowest BCUT2D eigenvalue weighted by Crippen LogP contribution is -2.60. The first kappa shape index (κ1) is 79.7. The van der Waals surface area contributed by atoms with E-state index in [2.05, 4.69) is 16.0 Å². The Bertz CT molecular complexity index is 2910. The number of hydrogen-bond acceptors (Lipinski definition) is 15. The lowest BCUT2D eigenvalue weighted by atomic mass is 9.82. The summed E-state index contributed by atoms with van der Waals surface area (Å²) in [7, 11) is 6.84. The molecule has 0 fully saturated rings. The van der Waals surface area contributed by atoms with Crippen molar-refractivity contribution in [3.05, 3.63) is 71.8 Å². The molecule has 93 heavy (non-hydrogen) atoms. The summed E-state index contributed by atoms with van der Waals surface area (Å²) in [5.74, 6) is -10.7. The number of likely N-dealkylation sites (N-methyl/N-ethyl adjacent to an activating group) is 4. The average molecular weight is 1300 g/mol. The number of methoxy groups -OCH3 is 1. The number of allylic oxidation sites excluding steroid dienone is 2. The number of esters is 2. The molecule has 22 heteroatoms. The van der Waals surface area contributed by atoms with Crippen molar-refractivity contribution in [1.29, 1.82) is 0 Å². The van der Waals surface area contributed by atoms with Gasteiger partial charge in [0, 0.05) is 66.2 Å². The molecule has 22 nitrogen and oxygen atoms in total. The van der Waals surface area contributed by atoms with E-state index in [1.165, 1.54) is 84.6 Å². The van der Waals surface area contributed by atoms with Crippen molar-refractivity contribution in [3.8, 4) is 11.1 Å². The number of alkyl carbamates (subject to hydrolysis) is 1. The highest BCUT2D eigenvalue weighted by atomic mass is 16.6. The normalized spacial score (nSPS) is 15.8. The Morgan fingerprint density at radius 1 is 0.634 bits per heavy atom. The van der Waals surface area contributed by atoms with Crippen molar-refractivity contribution in [1.82, 2.24) is 35.6 Å². The van der Waals surface area contributed by atoms with Gasteiger partial charge < -0.3 is 54.9 Å². The van der Waals surface area contributed by atoms with Gasteiger partial charge in [-0.1, -0.05) is 137 Å². The van der Waals surface area contributed by atoms with Gasteiger partial charge in [0.05, 0.1) is 30.7 Å². The summed E-state index contributed by atoms with van der Waals surface area (Å²) >= 11 is 0. The maximum absolute atomic E-state index is 15.1. The standard InChI is InChI=1S/C71H109N7O15/c1-22-24-29-44(11)62(93-47(14)79)52(64(83)73-54(23-2)69(88)91-21)37-59(81)61(43(9)10)78(20)66(85)56(35-41(5)6)76(18)67(86)57(38-71(15,16)90)77(19)65(84)46(13)72-63(82)45(12)36-58(80)55(34-40(3)4)75(17)68(87)60(42(7)8)74-70(89)92-39-53-50-32-27-25-30-48(50)49-31-26-28-33-51(49)53/h22,24-28,30-33,40-46,52-57,60-62,90H,23,29,34-39H2,1-21H3,(H,72,82)(H,73,83)(H,74,89)/b24-22+/t44-,45-,46-,52+,54+,55+,56+,57+,60+,61+,62-/m1/s1. The monoisotopic (exact) mass is 1300 g/mol. The van der Waals surface area contributed by atoms with Crippen LogP contribution in [0.5, 0.6) is 0 Å². The van der Waals surface area contributed by atoms with E-state index in [9.17, 15) is 48.3 Å². The number of carbonyl (C=O) groups is 11. The zero-order valence-electron chi connectivity index (χ0n) is 59.1. The molecule has 0 radical (unpaired) electrons. The van der Waals surface area contributed by atoms with Crippen LogP contribution in [0.2, 0.25) is 0 Å². The third-order valence-corrected chi connectivity index (χ3v) is 17.4. The number of aliphatic hydroxyl groups is 1. The smallest absolute Gasteiger partial charge is 0.407 e. The number of amides is 7. The predicted molar refractivity (Wildman–Crippen MR) is 356 cm³/mol. The fourth-order valence-corrected chi connectivity index (χ4v) is 12.3. The Balaban J connectivity index is 1.86. The number of hydrogen-bond donors (Lipinski definition) is 4. The molecular formula is C71H109N7O15. The second-order valence-electron chi connectivity index (χ2n) is 27.4. The predicted octanol–water partition coefficient (Wildman–Crippen LogP) is 8.04. The zero-order valence-corrected chi connectivity index (χ0v) is 59.1. The third-order valence-electron chi connectivity index (χ3n) is 17.4. The number of benzene rings is 2. The Morgan fingerprint density at radius 3 is 1.63 bits per heavy atom. The summed E-state index contributed by atoms with van der Waals surface area (Å²) in [4.78, 5) is 160. The minimum atomic E-state index is -1.56. The van der Waals surface area contributed by atoms with Crippen LogP contribution in [0.25, 0.3) is 11.1 Å². The first-order valence-corrected chi connectivity index (χ1v) is 32.8. The van der Waals surface area contributed by atoms with E-state index in [0.29, 0.717) is 6.42 Å². The van der Waals surface area contributed by atoms with Crippen LogP contribution in [0.15, 0.2) is 60.7 Å². The molecule has 0 aliphatic heterocycles. The summed E-state index contributed by atoms with van der Waals surface area (Å²) in [6, 6.07) is 7.61. The van der Waals surface area contributed by atoms with Crippen LogP contribution in [0.1, 0.15) is 173 Å². The summed E-state index contributed by atoms with van der Waals surface area (Å²) in [5, 5.41) is 19.4. The maximum atomic E-state index is 15.1. The van der Waals surface area contributed by atoms with E-state index in [-0.39, 0.29) is 56.5 Å². The van der Waals surface area contributed by atoms with Gasteiger partial charge in [0.1, 0.15) is 42.9 Å². The number of rotatable bonds is 36. The molecule has 0 bridgehead atoms. The lowest BCUT2D eigenvalue weighted by Gasteiger charge is -2.40. The van der Waals surface area contributed by atoms with Crippen LogP contribution in [0.3, 0.4) is 0 Å². The van der Waals surface area contributed by atoms with Crippen LogP contribution in [-0.4, -0.2) is 186 Å². The van der Waals surface area contributed by atoms with Gasteiger partial charge in [-0.05, 0) is 105 Å². The number of carbonyl (C=O) groups excluding carboxylic acids is 11. The third kappa shape index (κ3) is 22.3. The molecule has 11 atom stereocenters. The van der Waals surface area contributed by atoms with Crippen molar-refractivity contribution >= 4 is 65.0 Å². The molecular weight excluding hydrogens is 1190 g/mol. The SMILES string of the molecule is C/C=C/C[C@@H](C)[C@@H](OC(C)=O)[C@H](CC(=O)[C@H](C(C)C)N(C)C(=O)[C@H](CC(C)C)N(C)C(=O)[C@H](CC(C)(C)O)N(C)C(=O)[C@@H](C)NC(=O)[C@H](C)CC(=O)[C@H](CC(C)C)N(C)C(=O)[C@@H](NC(=O)OCC1c2ccccc2-c2ccccc21)C(C)C)C(=O)N[C@@H](CC)C(=O)OC. The van der Waals surface area contributed by atoms with Crippen molar-refractivity contribution in [2.75, 3.05) is 41.9 Å². The molecule has 2 aromatic carbocycles. The lowest BCUT2D eigenvalue weighted by molar-refractivity contribution is -0.159. The first-order valence-electron chi connectivity index (χ1n) is 32.8. The summed E-state index contributed by atoms with van der Waals surface area (Å²) in [5.41, 5.74) is 2.63. The van der Waals surface area contributed by atoms with E-state index in [0.717, 1.165) is 27.2 Å². The van der Waals surface area contributed by atoms with Crippen molar-refractivity contribution in [2.24, 2.45) is 41.4 Å².